The van der Waals surface area contributed by atoms with Crippen LogP contribution in [-0.4, -0.2) is 23.9 Å². The first-order valence-electron chi connectivity index (χ1n) is 4.31. The summed E-state index contributed by atoms with van der Waals surface area (Å²) in [5, 5.41) is 8.70. The largest absolute Gasteiger partial charge is 0.463 e. The second kappa shape index (κ2) is 4.72. The van der Waals surface area contributed by atoms with E-state index in [1.165, 1.54) is 6.07 Å². The molecule has 0 spiro atoms. The van der Waals surface area contributed by atoms with Gasteiger partial charge in [0.1, 0.15) is 6.07 Å². The third-order valence-corrected chi connectivity index (χ3v) is 1.69. The number of esters is 1. The van der Waals surface area contributed by atoms with Gasteiger partial charge in [0.05, 0.1) is 6.61 Å². The first-order chi connectivity index (χ1) is 6.40. The third-order valence-electron chi connectivity index (χ3n) is 1.69. The van der Waals surface area contributed by atoms with Crippen LogP contribution in [0.2, 0.25) is 0 Å². The van der Waals surface area contributed by atoms with Gasteiger partial charge in [0, 0.05) is 5.92 Å². The number of rotatable bonds is 4. The molecule has 0 radical (unpaired) electrons. The minimum atomic E-state index is -2.16. The number of hydrogen-bond acceptors (Lipinski definition) is 5. The number of nitrogens with two attached hydrogens (primary N) is 1. The number of hydrogen-bond donors (Lipinski definition) is 1. The average Bonchev–Trinajstić information content (AvgIpc) is 2.15. The van der Waals surface area contributed by atoms with Gasteiger partial charge in [0.15, 0.2) is 5.78 Å². The molecule has 0 rings (SSSR count). The standard InChI is InChI=1S/C9H14N2O3/c1-4-14-8(13)9(11,5-10)7(12)6(2)3/h6H,4,11H2,1-3H3. The van der Waals surface area contributed by atoms with E-state index in [4.69, 9.17) is 11.0 Å². The summed E-state index contributed by atoms with van der Waals surface area (Å²) < 4.78 is 4.56. The highest BCUT2D eigenvalue weighted by molar-refractivity contribution is 6.12. The van der Waals surface area contributed by atoms with E-state index in [2.05, 4.69) is 4.74 Å². The van der Waals surface area contributed by atoms with Crippen molar-refractivity contribution in [1.29, 1.82) is 5.26 Å². The Morgan fingerprint density at radius 3 is 2.36 bits per heavy atom. The number of nitriles is 1. The molecule has 0 aromatic heterocycles. The van der Waals surface area contributed by atoms with Crippen LogP contribution in [0.15, 0.2) is 0 Å². The summed E-state index contributed by atoms with van der Waals surface area (Å²) in [4.78, 5) is 22.7. The van der Waals surface area contributed by atoms with Gasteiger partial charge in [-0.1, -0.05) is 13.8 Å². The van der Waals surface area contributed by atoms with Crippen molar-refractivity contribution in [2.45, 2.75) is 26.3 Å². The fraction of sp³-hybridized carbons (Fsp3) is 0.667. The number of carbonyl (C=O) groups is 2. The fourth-order valence-electron chi connectivity index (χ4n) is 0.902. The fourth-order valence-corrected chi connectivity index (χ4v) is 0.902. The Balaban J connectivity index is 4.91. The van der Waals surface area contributed by atoms with Crippen molar-refractivity contribution in [3.63, 3.8) is 0 Å². The van der Waals surface area contributed by atoms with Gasteiger partial charge in [0.2, 0.25) is 0 Å². The smallest absolute Gasteiger partial charge is 0.348 e. The van der Waals surface area contributed by atoms with Crippen molar-refractivity contribution >= 4 is 11.8 Å². The molecule has 0 saturated carbocycles. The molecule has 2 N–H and O–H groups in total. The maximum Gasteiger partial charge on any atom is 0.348 e. The van der Waals surface area contributed by atoms with E-state index in [0.717, 1.165) is 0 Å². The van der Waals surface area contributed by atoms with E-state index < -0.39 is 23.2 Å². The highest BCUT2D eigenvalue weighted by atomic mass is 16.5. The zero-order chi connectivity index (χ0) is 11.4. The molecule has 0 saturated heterocycles. The summed E-state index contributed by atoms with van der Waals surface area (Å²) in [6.45, 7) is 4.81. The molecule has 5 heteroatoms. The maximum absolute atomic E-state index is 11.5. The van der Waals surface area contributed by atoms with Gasteiger partial charge in [-0.25, -0.2) is 4.79 Å². The van der Waals surface area contributed by atoms with Crippen LogP contribution in [0.5, 0.6) is 0 Å². The number of ether oxygens (including phenoxy) is 1. The summed E-state index contributed by atoms with van der Waals surface area (Å²) in [5.41, 5.74) is 3.22. The lowest BCUT2D eigenvalue weighted by Gasteiger charge is -2.19. The van der Waals surface area contributed by atoms with E-state index >= 15 is 0 Å². The maximum atomic E-state index is 11.5. The summed E-state index contributed by atoms with van der Waals surface area (Å²) in [5.74, 6) is -2.09. The number of carbonyl (C=O) groups excluding carboxylic acids is 2. The quantitative estimate of drug-likeness (QED) is 0.506. The summed E-state index contributed by atoms with van der Waals surface area (Å²) in [7, 11) is 0. The second-order valence-corrected chi connectivity index (χ2v) is 3.16. The van der Waals surface area contributed by atoms with Crippen LogP contribution in [-0.2, 0) is 14.3 Å². The van der Waals surface area contributed by atoms with Crippen LogP contribution in [0.25, 0.3) is 0 Å². The number of Topliss-reactive ketones (excluding diaryl/α,β-unsaturated/α-hetero) is 1. The molecule has 78 valence electrons. The Morgan fingerprint density at radius 1 is 1.57 bits per heavy atom. The lowest BCUT2D eigenvalue weighted by Crippen LogP contribution is -2.56. The molecular weight excluding hydrogens is 184 g/mol. The Labute approximate surface area is 82.8 Å². The highest BCUT2D eigenvalue weighted by Gasteiger charge is 2.44. The van der Waals surface area contributed by atoms with Crippen LogP contribution in [0.3, 0.4) is 0 Å². The van der Waals surface area contributed by atoms with Gasteiger partial charge < -0.3 is 4.74 Å². The lowest BCUT2D eigenvalue weighted by atomic mass is 9.89. The van der Waals surface area contributed by atoms with Crippen LogP contribution in [0, 0.1) is 17.2 Å². The van der Waals surface area contributed by atoms with Gasteiger partial charge in [-0.15, -0.1) is 0 Å². The van der Waals surface area contributed by atoms with Crippen molar-refractivity contribution < 1.29 is 14.3 Å². The molecular formula is C9H14N2O3. The Kier molecular flexibility index (Phi) is 4.25. The molecule has 0 aliphatic heterocycles. The monoisotopic (exact) mass is 198 g/mol. The Bertz CT molecular complexity index is 280. The van der Waals surface area contributed by atoms with Gasteiger partial charge in [-0.3, -0.25) is 10.5 Å². The first kappa shape index (κ1) is 12.6. The first-order valence-corrected chi connectivity index (χ1v) is 4.31. The second-order valence-electron chi connectivity index (χ2n) is 3.16. The minimum Gasteiger partial charge on any atom is -0.463 e. The Hall–Kier alpha value is -1.41. The molecule has 0 bridgehead atoms. The van der Waals surface area contributed by atoms with E-state index in [9.17, 15) is 9.59 Å². The third kappa shape index (κ3) is 2.30. The molecule has 1 atom stereocenters. The van der Waals surface area contributed by atoms with E-state index in [1.54, 1.807) is 20.8 Å². The topological polar surface area (TPSA) is 93.2 Å². The average molecular weight is 198 g/mol. The van der Waals surface area contributed by atoms with Crippen molar-refractivity contribution in [3.8, 4) is 6.07 Å². The van der Waals surface area contributed by atoms with Crippen LogP contribution in [0.1, 0.15) is 20.8 Å². The van der Waals surface area contributed by atoms with Crippen molar-refractivity contribution in [3.05, 3.63) is 0 Å². The molecule has 0 aromatic carbocycles. The zero-order valence-corrected chi connectivity index (χ0v) is 8.53. The van der Waals surface area contributed by atoms with Gasteiger partial charge in [-0.2, -0.15) is 5.26 Å². The molecule has 0 aromatic rings. The van der Waals surface area contributed by atoms with Gasteiger partial charge >= 0.3 is 5.97 Å². The van der Waals surface area contributed by atoms with Crippen LogP contribution < -0.4 is 5.73 Å². The number of ketones is 1. The van der Waals surface area contributed by atoms with E-state index in [-0.39, 0.29) is 6.61 Å². The molecule has 14 heavy (non-hydrogen) atoms. The molecule has 0 amide bonds. The normalized spacial score (nSPS) is 14.3. The van der Waals surface area contributed by atoms with Crippen LogP contribution in [0.4, 0.5) is 0 Å². The van der Waals surface area contributed by atoms with Crippen molar-refractivity contribution in [2.75, 3.05) is 6.61 Å². The highest BCUT2D eigenvalue weighted by Crippen LogP contribution is 2.11. The molecule has 0 aliphatic carbocycles. The molecule has 1 unspecified atom stereocenters. The zero-order valence-electron chi connectivity index (χ0n) is 8.53. The predicted octanol–water partition coefficient (Wildman–Crippen LogP) is -0.00432. The van der Waals surface area contributed by atoms with Crippen molar-refractivity contribution in [2.24, 2.45) is 11.7 Å². The van der Waals surface area contributed by atoms with Crippen molar-refractivity contribution in [1.82, 2.24) is 0 Å². The molecule has 0 aliphatic rings. The van der Waals surface area contributed by atoms with E-state index in [0.29, 0.717) is 0 Å². The predicted molar refractivity (Wildman–Crippen MR) is 49.0 cm³/mol. The van der Waals surface area contributed by atoms with Gasteiger partial charge in [-0.05, 0) is 6.92 Å². The summed E-state index contributed by atoms with van der Waals surface area (Å²) >= 11 is 0. The van der Waals surface area contributed by atoms with Crippen LogP contribution >= 0.6 is 0 Å². The molecule has 5 nitrogen and oxygen atoms in total. The lowest BCUT2D eigenvalue weighted by molar-refractivity contribution is -0.151. The van der Waals surface area contributed by atoms with Gasteiger partial charge in [0.25, 0.3) is 5.54 Å². The summed E-state index contributed by atoms with van der Waals surface area (Å²) in [6.07, 6.45) is 0. The molecule has 0 heterocycles. The molecule has 0 fully saturated rings. The SMILES string of the molecule is CCOC(=O)C(N)(C#N)C(=O)C(C)C. The Morgan fingerprint density at radius 2 is 2.07 bits per heavy atom. The number of nitrogens with zero attached hydrogens (tertiary/aromatic N) is 1. The van der Waals surface area contributed by atoms with E-state index in [1.807, 2.05) is 0 Å². The minimum absolute atomic E-state index is 0.0881. The summed E-state index contributed by atoms with van der Waals surface area (Å²) in [6, 6.07) is 1.50.